The molecule has 60 valence electrons. The largest absolute Gasteiger partial charge is 0.305 e. The van der Waals surface area contributed by atoms with Crippen molar-refractivity contribution in [1.82, 2.24) is 5.32 Å². The highest BCUT2D eigenvalue weighted by molar-refractivity contribution is 8.00. The minimum absolute atomic E-state index is 0.771. The maximum absolute atomic E-state index is 3.47. The standard InChI is InChI=1S/C7H15NS2/c1-9-5-2-3-7-8-4-6-10-7/h7-8H,2-6H2,1H3. The van der Waals surface area contributed by atoms with Crippen molar-refractivity contribution < 1.29 is 0 Å². The van der Waals surface area contributed by atoms with E-state index in [1.807, 2.05) is 11.8 Å². The molecule has 0 amide bonds. The van der Waals surface area contributed by atoms with E-state index in [2.05, 4.69) is 23.3 Å². The summed E-state index contributed by atoms with van der Waals surface area (Å²) in [6, 6.07) is 0. The molecule has 1 saturated heterocycles. The molecule has 1 aliphatic heterocycles. The molecular weight excluding hydrogens is 162 g/mol. The van der Waals surface area contributed by atoms with E-state index in [4.69, 9.17) is 0 Å². The number of thioether (sulfide) groups is 2. The minimum atomic E-state index is 0.771. The highest BCUT2D eigenvalue weighted by Crippen LogP contribution is 2.18. The fourth-order valence-electron chi connectivity index (χ4n) is 1.08. The van der Waals surface area contributed by atoms with Crippen molar-refractivity contribution in [2.45, 2.75) is 18.2 Å². The van der Waals surface area contributed by atoms with Crippen molar-refractivity contribution in [3.8, 4) is 0 Å². The van der Waals surface area contributed by atoms with Gasteiger partial charge in [0.15, 0.2) is 0 Å². The first-order valence-corrected chi connectivity index (χ1v) is 6.21. The fraction of sp³-hybridized carbons (Fsp3) is 1.00. The summed E-state index contributed by atoms with van der Waals surface area (Å²) in [6.07, 6.45) is 4.90. The third kappa shape index (κ3) is 3.17. The van der Waals surface area contributed by atoms with Crippen LogP contribution in [0, 0.1) is 0 Å². The topological polar surface area (TPSA) is 12.0 Å². The first-order valence-electron chi connectivity index (χ1n) is 3.77. The molecule has 1 heterocycles. The molecule has 0 aromatic carbocycles. The maximum Gasteiger partial charge on any atom is 0.0533 e. The molecule has 1 N–H and O–H groups in total. The molecule has 1 fully saturated rings. The van der Waals surface area contributed by atoms with Crippen LogP contribution in [0.1, 0.15) is 12.8 Å². The van der Waals surface area contributed by atoms with E-state index in [1.54, 1.807) is 0 Å². The number of hydrogen-bond donors (Lipinski definition) is 1. The molecule has 0 spiro atoms. The van der Waals surface area contributed by atoms with Crippen LogP contribution >= 0.6 is 23.5 Å². The summed E-state index contributed by atoms with van der Waals surface area (Å²) >= 11 is 4.02. The number of rotatable bonds is 4. The van der Waals surface area contributed by atoms with E-state index in [-0.39, 0.29) is 0 Å². The second-order valence-electron chi connectivity index (χ2n) is 2.45. The van der Waals surface area contributed by atoms with Gasteiger partial charge >= 0.3 is 0 Å². The summed E-state index contributed by atoms with van der Waals surface area (Å²) in [5.74, 6) is 2.63. The zero-order valence-corrected chi connectivity index (χ0v) is 8.06. The average Bonchev–Trinajstić information content (AvgIpc) is 2.41. The van der Waals surface area contributed by atoms with Crippen molar-refractivity contribution in [3.63, 3.8) is 0 Å². The highest BCUT2D eigenvalue weighted by atomic mass is 32.2. The molecule has 0 bridgehead atoms. The molecule has 0 aromatic heterocycles. The Morgan fingerprint density at radius 2 is 2.60 bits per heavy atom. The van der Waals surface area contributed by atoms with Gasteiger partial charge in [-0.1, -0.05) is 0 Å². The van der Waals surface area contributed by atoms with Crippen molar-refractivity contribution in [2.24, 2.45) is 0 Å². The molecule has 0 radical (unpaired) electrons. The molecule has 0 aliphatic carbocycles. The first-order chi connectivity index (χ1) is 4.93. The molecule has 1 atom stereocenters. The average molecular weight is 177 g/mol. The van der Waals surface area contributed by atoms with E-state index in [0.29, 0.717) is 0 Å². The summed E-state index contributed by atoms with van der Waals surface area (Å²) in [7, 11) is 0. The zero-order valence-electron chi connectivity index (χ0n) is 6.43. The summed E-state index contributed by atoms with van der Waals surface area (Å²) in [5.41, 5.74) is 0. The zero-order chi connectivity index (χ0) is 7.23. The van der Waals surface area contributed by atoms with Crippen LogP contribution in [0.3, 0.4) is 0 Å². The predicted octanol–water partition coefficient (Wildman–Crippen LogP) is 1.79. The monoisotopic (exact) mass is 177 g/mol. The van der Waals surface area contributed by atoms with Crippen molar-refractivity contribution in [1.29, 1.82) is 0 Å². The fourth-order valence-corrected chi connectivity index (χ4v) is 2.62. The van der Waals surface area contributed by atoms with Gasteiger partial charge in [-0.3, -0.25) is 0 Å². The Kier molecular flexibility index (Phi) is 4.66. The van der Waals surface area contributed by atoms with Crippen molar-refractivity contribution in [2.75, 3.05) is 24.3 Å². The number of hydrogen-bond acceptors (Lipinski definition) is 3. The Morgan fingerprint density at radius 3 is 3.20 bits per heavy atom. The van der Waals surface area contributed by atoms with Gasteiger partial charge in [-0.15, -0.1) is 11.8 Å². The summed E-state index contributed by atoms with van der Waals surface area (Å²) in [6.45, 7) is 1.22. The maximum atomic E-state index is 3.47. The van der Waals surface area contributed by atoms with Gasteiger partial charge in [0.2, 0.25) is 0 Å². The second-order valence-corrected chi connectivity index (χ2v) is 4.74. The molecule has 10 heavy (non-hydrogen) atoms. The highest BCUT2D eigenvalue weighted by Gasteiger charge is 2.12. The van der Waals surface area contributed by atoms with Gasteiger partial charge in [0, 0.05) is 12.3 Å². The molecule has 0 aromatic rings. The van der Waals surface area contributed by atoms with Gasteiger partial charge in [0.1, 0.15) is 0 Å². The molecule has 1 rings (SSSR count). The van der Waals surface area contributed by atoms with Crippen LogP contribution in [0.4, 0.5) is 0 Å². The van der Waals surface area contributed by atoms with Crippen LogP contribution in [0.2, 0.25) is 0 Å². The molecular formula is C7H15NS2. The molecule has 1 nitrogen and oxygen atoms in total. The Morgan fingerprint density at radius 1 is 1.70 bits per heavy atom. The lowest BCUT2D eigenvalue weighted by molar-refractivity contribution is 0.652. The van der Waals surface area contributed by atoms with E-state index >= 15 is 0 Å². The SMILES string of the molecule is CSCCCC1NCCS1. The normalized spacial score (nSPS) is 25.5. The van der Waals surface area contributed by atoms with Crippen LogP contribution in [0.15, 0.2) is 0 Å². The van der Waals surface area contributed by atoms with Crippen molar-refractivity contribution in [3.05, 3.63) is 0 Å². The van der Waals surface area contributed by atoms with Gasteiger partial charge in [0.25, 0.3) is 0 Å². The van der Waals surface area contributed by atoms with E-state index < -0.39 is 0 Å². The molecule has 3 heteroatoms. The Balaban J connectivity index is 1.91. The Hall–Kier alpha value is 0.660. The summed E-state index contributed by atoms with van der Waals surface area (Å²) in [5, 5.41) is 4.24. The quantitative estimate of drug-likeness (QED) is 0.658. The van der Waals surface area contributed by atoms with E-state index in [1.165, 1.54) is 30.9 Å². The van der Waals surface area contributed by atoms with Gasteiger partial charge in [-0.25, -0.2) is 0 Å². The first kappa shape index (κ1) is 8.75. The smallest absolute Gasteiger partial charge is 0.0533 e. The van der Waals surface area contributed by atoms with Crippen LogP contribution in [-0.4, -0.2) is 29.7 Å². The Bertz CT molecular complexity index is 81.7. The molecule has 1 unspecified atom stereocenters. The summed E-state index contributed by atoms with van der Waals surface area (Å²) < 4.78 is 0. The van der Waals surface area contributed by atoms with Gasteiger partial charge < -0.3 is 5.32 Å². The lowest BCUT2D eigenvalue weighted by Crippen LogP contribution is -2.19. The second kappa shape index (κ2) is 5.33. The summed E-state index contributed by atoms with van der Waals surface area (Å²) in [4.78, 5) is 0. The lowest BCUT2D eigenvalue weighted by atomic mass is 10.3. The van der Waals surface area contributed by atoms with E-state index in [9.17, 15) is 0 Å². The van der Waals surface area contributed by atoms with Gasteiger partial charge in [-0.2, -0.15) is 11.8 Å². The van der Waals surface area contributed by atoms with Gasteiger partial charge in [-0.05, 0) is 24.9 Å². The molecule has 1 aliphatic rings. The van der Waals surface area contributed by atoms with Crippen LogP contribution in [-0.2, 0) is 0 Å². The van der Waals surface area contributed by atoms with Crippen LogP contribution in [0.25, 0.3) is 0 Å². The van der Waals surface area contributed by atoms with Crippen molar-refractivity contribution >= 4 is 23.5 Å². The lowest BCUT2D eigenvalue weighted by Gasteiger charge is -2.06. The minimum Gasteiger partial charge on any atom is -0.305 e. The molecule has 0 saturated carbocycles. The number of nitrogens with one attached hydrogen (secondary N) is 1. The third-order valence-corrected chi connectivity index (χ3v) is 3.55. The van der Waals surface area contributed by atoms with Crippen LogP contribution in [0.5, 0.6) is 0 Å². The van der Waals surface area contributed by atoms with Gasteiger partial charge in [0.05, 0.1) is 5.37 Å². The predicted molar refractivity (Wildman–Crippen MR) is 51.9 cm³/mol. The third-order valence-electron chi connectivity index (χ3n) is 1.61. The Labute approximate surface area is 71.7 Å². The van der Waals surface area contributed by atoms with E-state index in [0.717, 1.165) is 5.37 Å². The van der Waals surface area contributed by atoms with Crippen LogP contribution < -0.4 is 5.32 Å².